The van der Waals surface area contributed by atoms with Crippen molar-refractivity contribution in [1.29, 1.82) is 0 Å². The number of benzene rings is 1. The van der Waals surface area contributed by atoms with Crippen LogP contribution in [0.1, 0.15) is 0 Å². The van der Waals surface area contributed by atoms with E-state index in [1.165, 1.54) is 18.3 Å². The molecule has 2 aromatic rings. The number of carbonyl (C=O) groups is 1. The maximum Gasteiger partial charge on any atom is 0.511 e. The van der Waals surface area contributed by atoms with Gasteiger partial charge in [-0.2, -0.15) is 5.10 Å². The number of ether oxygens (including phenoxy) is 1. The van der Waals surface area contributed by atoms with Crippen molar-refractivity contribution in [3.05, 3.63) is 24.1 Å². The second-order valence-corrected chi connectivity index (χ2v) is 2.58. The van der Waals surface area contributed by atoms with Gasteiger partial charge < -0.3 is 9.84 Å². The molecule has 0 aliphatic rings. The molecule has 1 heterocycles. The Kier molecular flexibility index (Phi) is 1.81. The highest BCUT2D eigenvalue weighted by Crippen LogP contribution is 2.24. The van der Waals surface area contributed by atoms with Crippen molar-refractivity contribution < 1.29 is 19.0 Å². The third-order valence-corrected chi connectivity index (χ3v) is 1.72. The Morgan fingerprint density at radius 1 is 1.57 bits per heavy atom. The number of nitrogens with zero attached hydrogens (tertiary/aromatic N) is 1. The standard InChI is InChI=1S/C8H5FN2O3/c9-7-4-3-10-11-5(4)1-2-6(7)14-8(12)13/h1-3H,(H,10,11)(H,12,13). The van der Waals surface area contributed by atoms with Gasteiger partial charge in [0.15, 0.2) is 11.6 Å². The second kappa shape index (κ2) is 2.99. The normalized spacial score (nSPS) is 10.4. The first-order chi connectivity index (χ1) is 6.68. The fourth-order valence-electron chi connectivity index (χ4n) is 1.14. The summed E-state index contributed by atoms with van der Waals surface area (Å²) in [4.78, 5) is 10.2. The predicted octanol–water partition coefficient (Wildman–Crippen LogP) is 1.76. The number of H-pyrrole nitrogens is 1. The van der Waals surface area contributed by atoms with Gasteiger partial charge in [0, 0.05) is 0 Å². The van der Waals surface area contributed by atoms with Crippen LogP contribution in [-0.2, 0) is 0 Å². The minimum Gasteiger partial charge on any atom is -0.449 e. The predicted molar refractivity (Wildman–Crippen MR) is 44.7 cm³/mol. The Hall–Kier alpha value is -2.11. The zero-order valence-corrected chi connectivity index (χ0v) is 6.82. The lowest BCUT2D eigenvalue weighted by atomic mass is 10.2. The number of carboxylic acid groups (broad SMARTS) is 1. The summed E-state index contributed by atoms with van der Waals surface area (Å²) in [6.45, 7) is 0. The highest BCUT2D eigenvalue weighted by atomic mass is 19.1. The van der Waals surface area contributed by atoms with Crippen molar-refractivity contribution in [3.63, 3.8) is 0 Å². The van der Waals surface area contributed by atoms with Gasteiger partial charge in [-0.15, -0.1) is 0 Å². The van der Waals surface area contributed by atoms with Gasteiger partial charge >= 0.3 is 6.16 Å². The molecule has 2 rings (SSSR count). The van der Waals surface area contributed by atoms with Crippen molar-refractivity contribution in [1.82, 2.24) is 10.2 Å². The Morgan fingerprint density at radius 2 is 2.36 bits per heavy atom. The molecule has 0 amide bonds. The largest absolute Gasteiger partial charge is 0.511 e. The zero-order chi connectivity index (χ0) is 10.1. The lowest BCUT2D eigenvalue weighted by molar-refractivity contribution is 0.142. The Bertz CT molecular complexity index is 494. The molecular formula is C8H5FN2O3. The topological polar surface area (TPSA) is 75.2 Å². The lowest BCUT2D eigenvalue weighted by Crippen LogP contribution is -2.04. The summed E-state index contributed by atoms with van der Waals surface area (Å²) in [5.41, 5.74) is 0.486. The summed E-state index contributed by atoms with van der Waals surface area (Å²) < 4.78 is 17.6. The highest BCUT2D eigenvalue weighted by Gasteiger charge is 2.12. The zero-order valence-electron chi connectivity index (χ0n) is 6.82. The molecule has 0 atom stereocenters. The van der Waals surface area contributed by atoms with E-state index in [9.17, 15) is 9.18 Å². The van der Waals surface area contributed by atoms with Crippen LogP contribution in [0.4, 0.5) is 9.18 Å². The van der Waals surface area contributed by atoms with Crippen LogP contribution in [0.25, 0.3) is 10.9 Å². The summed E-state index contributed by atoms with van der Waals surface area (Å²) in [5, 5.41) is 14.7. The van der Waals surface area contributed by atoms with Gasteiger partial charge in [-0.25, -0.2) is 9.18 Å². The van der Waals surface area contributed by atoms with E-state index in [4.69, 9.17) is 5.11 Å². The van der Waals surface area contributed by atoms with Crippen LogP contribution in [-0.4, -0.2) is 21.5 Å². The molecular weight excluding hydrogens is 191 g/mol. The van der Waals surface area contributed by atoms with Crippen LogP contribution in [0.3, 0.4) is 0 Å². The van der Waals surface area contributed by atoms with Crippen molar-refractivity contribution in [2.75, 3.05) is 0 Å². The number of nitrogens with one attached hydrogen (secondary N) is 1. The molecule has 0 bridgehead atoms. The molecule has 14 heavy (non-hydrogen) atoms. The first-order valence-electron chi connectivity index (χ1n) is 3.71. The molecule has 72 valence electrons. The van der Waals surface area contributed by atoms with Gasteiger partial charge in [0.2, 0.25) is 0 Å². The number of fused-ring (bicyclic) bond motifs is 1. The second-order valence-electron chi connectivity index (χ2n) is 2.58. The molecule has 0 aliphatic carbocycles. The maximum absolute atomic E-state index is 13.4. The summed E-state index contributed by atoms with van der Waals surface area (Å²) in [7, 11) is 0. The van der Waals surface area contributed by atoms with Gasteiger partial charge in [0.1, 0.15) is 0 Å². The van der Waals surface area contributed by atoms with Gasteiger partial charge in [0.05, 0.1) is 17.1 Å². The Balaban J connectivity index is 2.56. The summed E-state index contributed by atoms with van der Waals surface area (Å²) in [5.74, 6) is -1.06. The van der Waals surface area contributed by atoms with Crippen molar-refractivity contribution >= 4 is 17.1 Å². The fraction of sp³-hybridized carbons (Fsp3) is 0. The minimum absolute atomic E-state index is 0.198. The summed E-state index contributed by atoms with van der Waals surface area (Å²) in [6, 6.07) is 2.72. The van der Waals surface area contributed by atoms with Gasteiger partial charge in [-0.05, 0) is 12.1 Å². The van der Waals surface area contributed by atoms with E-state index in [2.05, 4.69) is 14.9 Å². The molecule has 0 saturated heterocycles. The first-order valence-corrected chi connectivity index (χ1v) is 3.71. The number of aromatic amines is 1. The number of rotatable bonds is 1. The molecule has 5 nitrogen and oxygen atoms in total. The molecule has 0 spiro atoms. The van der Waals surface area contributed by atoms with Crippen LogP contribution >= 0.6 is 0 Å². The monoisotopic (exact) mass is 196 g/mol. The maximum atomic E-state index is 13.4. The average molecular weight is 196 g/mol. The lowest BCUT2D eigenvalue weighted by Gasteiger charge is -2.00. The Morgan fingerprint density at radius 3 is 3.07 bits per heavy atom. The van der Waals surface area contributed by atoms with Crippen LogP contribution in [0.2, 0.25) is 0 Å². The van der Waals surface area contributed by atoms with Crippen LogP contribution in [0.15, 0.2) is 18.3 Å². The van der Waals surface area contributed by atoms with E-state index in [0.29, 0.717) is 5.52 Å². The average Bonchev–Trinajstić information content (AvgIpc) is 2.57. The SMILES string of the molecule is O=C(O)Oc1ccc2[nH]ncc2c1F. The highest BCUT2D eigenvalue weighted by molar-refractivity contribution is 5.81. The van der Waals surface area contributed by atoms with E-state index < -0.39 is 12.0 Å². The summed E-state index contributed by atoms with van der Waals surface area (Å²) in [6.07, 6.45) is -0.286. The third kappa shape index (κ3) is 1.26. The number of hydrogen-bond donors (Lipinski definition) is 2. The molecule has 0 unspecified atom stereocenters. The number of aromatic nitrogens is 2. The number of halogens is 1. The fourth-order valence-corrected chi connectivity index (χ4v) is 1.14. The van der Waals surface area contributed by atoms with Crippen molar-refractivity contribution in [2.45, 2.75) is 0 Å². The van der Waals surface area contributed by atoms with Gasteiger partial charge in [-0.3, -0.25) is 5.10 Å². The van der Waals surface area contributed by atoms with Crippen LogP contribution in [0, 0.1) is 5.82 Å². The van der Waals surface area contributed by atoms with E-state index in [1.54, 1.807) is 0 Å². The molecule has 0 radical (unpaired) electrons. The molecule has 0 aliphatic heterocycles. The third-order valence-electron chi connectivity index (χ3n) is 1.72. The van der Waals surface area contributed by atoms with E-state index >= 15 is 0 Å². The van der Waals surface area contributed by atoms with E-state index in [0.717, 1.165) is 0 Å². The Labute approximate surface area is 77.1 Å². The van der Waals surface area contributed by atoms with E-state index in [1.807, 2.05) is 0 Å². The number of hydrogen-bond acceptors (Lipinski definition) is 3. The van der Waals surface area contributed by atoms with Gasteiger partial charge in [0.25, 0.3) is 0 Å². The smallest absolute Gasteiger partial charge is 0.449 e. The van der Waals surface area contributed by atoms with E-state index in [-0.39, 0.29) is 11.1 Å². The molecule has 6 heteroatoms. The van der Waals surface area contributed by atoms with Crippen LogP contribution < -0.4 is 4.74 Å². The van der Waals surface area contributed by atoms with Crippen LogP contribution in [0.5, 0.6) is 5.75 Å². The minimum atomic E-state index is -1.55. The first kappa shape index (κ1) is 8.49. The quantitative estimate of drug-likeness (QED) is 0.538. The molecule has 0 fully saturated rings. The molecule has 0 saturated carbocycles. The molecule has 1 aromatic carbocycles. The summed E-state index contributed by atoms with van der Waals surface area (Å²) >= 11 is 0. The van der Waals surface area contributed by atoms with Crippen molar-refractivity contribution in [2.24, 2.45) is 0 Å². The van der Waals surface area contributed by atoms with Gasteiger partial charge in [-0.1, -0.05) is 0 Å². The molecule has 1 aromatic heterocycles. The molecule has 2 N–H and O–H groups in total. The van der Waals surface area contributed by atoms with Crippen molar-refractivity contribution in [3.8, 4) is 5.75 Å².